The van der Waals surface area contributed by atoms with Crippen LogP contribution in [0.25, 0.3) is 0 Å². The van der Waals surface area contributed by atoms with Gasteiger partial charge in [-0.05, 0) is 24.5 Å². The van der Waals surface area contributed by atoms with E-state index in [-0.39, 0.29) is 5.41 Å². The van der Waals surface area contributed by atoms with Crippen molar-refractivity contribution in [3.63, 3.8) is 0 Å². The number of halogens is 1. The second kappa shape index (κ2) is 5.22. The topological polar surface area (TPSA) is 44.5 Å². The van der Waals surface area contributed by atoms with Crippen LogP contribution in [-0.4, -0.2) is 19.8 Å². The number of nitrogens with two attached hydrogens (primary N) is 1. The predicted molar refractivity (Wildman–Crippen MR) is 76.3 cm³/mol. The third kappa shape index (κ3) is 2.19. The molecule has 104 valence electrons. The number of hydrogen-bond donors (Lipinski definition) is 1. The minimum atomic E-state index is 0.0295. The summed E-state index contributed by atoms with van der Waals surface area (Å²) in [4.78, 5) is 0. The number of benzene rings is 1. The van der Waals surface area contributed by atoms with Crippen molar-refractivity contribution in [3.8, 4) is 11.5 Å². The van der Waals surface area contributed by atoms with Crippen molar-refractivity contribution in [2.24, 2.45) is 5.73 Å². The molecule has 2 N–H and O–H groups in total. The van der Waals surface area contributed by atoms with Gasteiger partial charge in [-0.15, -0.1) is 0 Å². The molecule has 3 rings (SSSR count). The van der Waals surface area contributed by atoms with E-state index in [1.807, 2.05) is 6.07 Å². The van der Waals surface area contributed by atoms with Crippen LogP contribution in [0.5, 0.6) is 11.5 Å². The minimum absolute atomic E-state index is 0.0295. The molecule has 0 spiro atoms. The van der Waals surface area contributed by atoms with Crippen molar-refractivity contribution >= 4 is 11.6 Å². The highest BCUT2D eigenvalue weighted by Gasteiger charge is 2.37. The van der Waals surface area contributed by atoms with E-state index >= 15 is 0 Å². The van der Waals surface area contributed by atoms with E-state index < -0.39 is 0 Å². The van der Waals surface area contributed by atoms with E-state index in [4.69, 9.17) is 26.8 Å². The fourth-order valence-electron chi connectivity index (χ4n) is 3.25. The van der Waals surface area contributed by atoms with E-state index in [1.165, 1.54) is 12.8 Å². The molecule has 1 aliphatic heterocycles. The Morgan fingerprint density at radius 1 is 1.11 bits per heavy atom. The molecule has 4 heteroatoms. The second-order valence-corrected chi connectivity index (χ2v) is 5.87. The van der Waals surface area contributed by atoms with Crippen LogP contribution in [0.15, 0.2) is 12.1 Å². The Balaban J connectivity index is 2.05. The zero-order valence-electron chi connectivity index (χ0n) is 11.1. The molecule has 0 atom stereocenters. The van der Waals surface area contributed by atoms with Gasteiger partial charge in [0.25, 0.3) is 0 Å². The van der Waals surface area contributed by atoms with Gasteiger partial charge in [0.2, 0.25) is 0 Å². The van der Waals surface area contributed by atoms with Gasteiger partial charge in [-0.3, -0.25) is 0 Å². The van der Waals surface area contributed by atoms with Crippen LogP contribution in [-0.2, 0) is 5.41 Å². The number of hydrogen-bond acceptors (Lipinski definition) is 3. The predicted octanol–water partition coefficient (Wildman–Crippen LogP) is 3.27. The van der Waals surface area contributed by atoms with Crippen molar-refractivity contribution in [2.75, 3.05) is 19.8 Å². The first-order valence-corrected chi connectivity index (χ1v) is 7.43. The summed E-state index contributed by atoms with van der Waals surface area (Å²) >= 11 is 6.59. The highest BCUT2D eigenvalue weighted by atomic mass is 35.5. The molecule has 1 aromatic carbocycles. The standard InChI is InChI=1S/C15H20ClNO2/c16-13-11(15(10-17)6-1-2-7-15)4-5-12-14(13)19-9-3-8-18-12/h4-5H,1-3,6-10,17H2. The van der Waals surface area contributed by atoms with Crippen LogP contribution in [0.1, 0.15) is 37.7 Å². The molecule has 3 nitrogen and oxygen atoms in total. The lowest BCUT2D eigenvalue weighted by Gasteiger charge is -2.29. The molecule has 2 aliphatic rings. The molecule has 1 fully saturated rings. The molecule has 0 radical (unpaired) electrons. The van der Waals surface area contributed by atoms with E-state index in [0.717, 1.165) is 30.6 Å². The third-order valence-corrected chi connectivity index (χ3v) is 4.75. The van der Waals surface area contributed by atoms with Crippen LogP contribution in [0.3, 0.4) is 0 Å². The largest absolute Gasteiger partial charge is 0.490 e. The SMILES string of the molecule is NCC1(c2ccc3c(c2Cl)OCCCO3)CCCC1. The summed E-state index contributed by atoms with van der Waals surface area (Å²) < 4.78 is 11.4. The minimum Gasteiger partial charge on any atom is -0.490 e. The summed E-state index contributed by atoms with van der Waals surface area (Å²) in [5, 5.41) is 0.701. The maximum Gasteiger partial charge on any atom is 0.180 e. The van der Waals surface area contributed by atoms with Gasteiger partial charge in [0.15, 0.2) is 11.5 Å². The van der Waals surface area contributed by atoms with Gasteiger partial charge in [-0.1, -0.05) is 30.5 Å². The lowest BCUT2D eigenvalue weighted by molar-refractivity contribution is 0.297. The van der Waals surface area contributed by atoms with Gasteiger partial charge in [0, 0.05) is 18.4 Å². The Labute approximate surface area is 119 Å². The lowest BCUT2D eigenvalue weighted by Crippen LogP contribution is -2.32. The van der Waals surface area contributed by atoms with Gasteiger partial charge in [0.1, 0.15) is 0 Å². The molecule has 19 heavy (non-hydrogen) atoms. The van der Waals surface area contributed by atoms with Crippen molar-refractivity contribution in [3.05, 3.63) is 22.7 Å². The Morgan fingerprint density at radius 2 is 1.84 bits per heavy atom. The Morgan fingerprint density at radius 3 is 2.58 bits per heavy atom. The molecule has 1 aromatic rings. The van der Waals surface area contributed by atoms with Crippen LogP contribution in [0, 0.1) is 0 Å². The van der Waals surface area contributed by atoms with Gasteiger partial charge in [-0.2, -0.15) is 0 Å². The van der Waals surface area contributed by atoms with Crippen molar-refractivity contribution < 1.29 is 9.47 Å². The summed E-state index contributed by atoms with van der Waals surface area (Å²) in [6, 6.07) is 4.06. The Hall–Kier alpha value is -0.930. The average Bonchev–Trinajstić information content (AvgIpc) is 2.78. The first-order valence-electron chi connectivity index (χ1n) is 7.05. The molecule has 0 aromatic heterocycles. The zero-order chi connectivity index (χ0) is 13.3. The molecule has 1 aliphatic carbocycles. The molecule has 1 heterocycles. The summed E-state index contributed by atoms with van der Waals surface area (Å²) in [5.74, 6) is 1.47. The molecule has 1 saturated carbocycles. The summed E-state index contributed by atoms with van der Waals surface area (Å²) in [7, 11) is 0. The molecule has 0 unspecified atom stereocenters. The highest BCUT2D eigenvalue weighted by molar-refractivity contribution is 6.33. The van der Waals surface area contributed by atoms with E-state index in [1.54, 1.807) is 0 Å². The molecule has 0 saturated heterocycles. The molecular weight excluding hydrogens is 262 g/mol. The number of fused-ring (bicyclic) bond motifs is 1. The summed E-state index contributed by atoms with van der Waals surface area (Å²) in [6.07, 6.45) is 5.57. The van der Waals surface area contributed by atoms with Crippen LogP contribution in [0.4, 0.5) is 0 Å². The Kier molecular flexibility index (Phi) is 3.59. The smallest absolute Gasteiger partial charge is 0.180 e. The lowest BCUT2D eigenvalue weighted by atomic mass is 9.79. The zero-order valence-corrected chi connectivity index (χ0v) is 11.8. The molecule has 0 amide bonds. The first kappa shape index (κ1) is 13.1. The van der Waals surface area contributed by atoms with Crippen LogP contribution < -0.4 is 15.2 Å². The fraction of sp³-hybridized carbons (Fsp3) is 0.600. The van der Waals surface area contributed by atoms with Crippen molar-refractivity contribution in [1.29, 1.82) is 0 Å². The highest BCUT2D eigenvalue weighted by Crippen LogP contribution is 2.48. The molecule has 0 bridgehead atoms. The third-order valence-electron chi connectivity index (χ3n) is 4.38. The van der Waals surface area contributed by atoms with E-state index in [9.17, 15) is 0 Å². The fourth-order valence-corrected chi connectivity index (χ4v) is 3.66. The van der Waals surface area contributed by atoms with Crippen LogP contribution >= 0.6 is 11.6 Å². The van der Waals surface area contributed by atoms with E-state index in [2.05, 4.69) is 6.07 Å². The maximum absolute atomic E-state index is 6.59. The van der Waals surface area contributed by atoms with Gasteiger partial charge < -0.3 is 15.2 Å². The normalized spacial score (nSPS) is 21.2. The maximum atomic E-state index is 6.59. The second-order valence-electron chi connectivity index (χ2n) is 5.50. The van der Waals surface area contributed by atoms with Crippen LogP contribution in [0.2, 0.25) is 5.02 Å². The summed E-state index contributed by atoms with van der Waals surface area (Å²) in [5.41, 5.74) is 7.21. The van der Waals surface area contributed by atoms with Gasteiger partial charge in [0.05, 0.1) is 18.2 Å². The van der Waals surface area contributed by atoms with Crippen molar-refractivity contribution in [1.82, 2.24) is 0 Å². The average molecular weight is 282 g/mol. The molecular formula is C15H20ClNO2. The quantitative estimate of drug-likeness (QED) is 0.905. The van der Waals surface area contributed by atoms with Gasteiger partial charge >= 0.3 is 0 Å². The number of rotatable bonds is 2. The van der Waals surface area contributed by atoms with Crippen molar-refractivity contribution in [2.45, 2.75) is 37.5 Å². The first-order chi connectivity index (χ1) is 9.27. The van der Waals surface area contributed by atoms with E-state index in [0.29, 0.717) is 30.5 Å². The monoisotopic (exact) mass is 281 g/mol. The summed E-state index contributed by atoms with van der Waals surface area (Å²) in [6.45, 7) is 1.99. The van der Waals surface area contributed by atoms with Gasteiger partial charge in [-0.25, -0.2) is 0 Å². The Bertz CT molecular complexity index is 469. The number of ether oxygens (including phenoxy) is 2.